The smallest absolute Gasteiger partial charge is 0.308 e. The number of nitrogens with zero attached hydrogens (tertiary/aromatic N) is 5. The van der Waals surface area contributed by atoms with Gasteiger partial charge < -0.3 is 14.9 Å². The van der Waals surface area contributed by atoms with Crippen LogP contribution in [0.1, 0.15) is 34.8 Å². The summed E-state index contributed by atoms with van der Waals surface area (Å²) in [5.74, 6) is -1.16. The highest BCUT2D eigenvalue weighted by molar-refractivity contribution is 5.92. The molecule has 0 saturated carbocycles. The molecule has 2 fully saturated rings. The fourth-order valence-electron chi connectivity index (χ4n) is 3.87. The molecule has 1 N–H and O–H groups in total. The van der Waals surface area contributed by atoms with Gasteiger partial charge in [-0.2, -0.15) is 0 Å². The number of hydrogen-bond acceptors (Lipinski definition) is 6. The molecule has 0 spiro atoms. The molecule has 1 amide bonds. The molecule has 0 bridgehead atoms. The van der Waals surface area contributed by atoms with Gasteiger partial charge in [0.25, 0.3) is 5.91 Å². The van der Waals surface area contributed by atoms with Crippen molar-refractivity contribution in [3.63, 3.8) is 0 Å². The number of carbonyl (C=O) groups is 2. The molecule has 4 rings (SSSR count). The van der Waals surface area contributed by atoms with E-state index in [0.717, 1.165) is 31.5 Å². The van der Waals surface area contributed by atoms with E-state index in [1.807, 2.05) is 17.0 Å². The maximum Gasteiger partial charge on any atom is 0.308 e. The van der Waals surface area contributed by atoms with E-state index in [2.05, 4.69) is 15.0 Å². The average Bonchev–Trinajstić information content (AvgIpc) is 3.38. The van der Waals surface area contributed by atoms with Crippen molar-refractivity contribution in [2.45, 2.75) is 18.8 Å². The lowest BCUT2D eigenvalue weighted by atomic mass is 9.90. The Labute approximate surface area is 156 Å². The minimum atomic E-state index is -0.844. The molecular weight excluding hydrogens is 346 g/mol. The summed E-state index contributed by atoms with van der Waals surface area (Å²) in [6.07, 6.45) is 8.48. The molecule has 0 unspecified atom stereocenters. The van der Waals surface area contributed by atoms with E-state index < -0.39 is 11.9 Å². The van der Waals surface area contributed by atoms with Gasteiger partial charge in [0, 0.05) is 44.5 Å². The number of amides is 1. The van der Waals surface area contributed by atoms with E-state index in [4.69, 9.17) is 0 Å². The van der Waals surface area contributed by atoms with Crippen molar-refractivity contribution in [3.8, 4) is 0 Å². The lowest BCUT2D eigenvalue weighted by Gasteiger charge is -2.19. The maximum absolute atomic E-state index is 12.6. The number of aromatic nitrogens is 3. The fraction of sp³-hybridized carbons (Fsp3) is 0.421. The number of likely N-dealkylation sites (tertiary alicyclic amines) is 1. The number of hydrogen-bond donors (Lipinski definition) is 1. The molecular formula is C19H21N5O3. The zero-order valence-electron chi connectivity index (χ0n) is 14.9. The molecule has 4 heterocycles. The lowest BCUT2D eigenvalue weighted by molar-refractivity contribution is -0.141. The standard InChI is InChI=1S/C19H21N5O3/c25-18(23-6-1-2-7-23)16-9-21-10-17(22-16)24-11-14(15(12-24)19(26)27)13-4-3-5-20-8-13/h3-5,8-10,14-15H,1-2,6-7,11-12H2,(H,26,27)/t14-,15+/m0/s1. The van der Waals surface area contributed by atoms with Crippen LogP contribution in [0.5, 0.6) is 0 Å². The van der Waals surface area contributed by atoms with Crippen molar-refractivity contribution in [3.05, 3.63) is 48.2 Å². The Morgan fingerprint density at radius 3 is 2.59 bits per heavy atom. The van der Waals surface area contributed by atoms with Crippen LogP contribution in [0.25, 0.3) is 0 Å². The van der Waals surface area contributed by atoms with Gasteiger partial charge in [0.15, 0.2) is 0 Å². The minimum Gasteiger partial charge on any atom is -0.481 e. The number of pyridine rings is 1. The summed E-state index contributed by atoms with van der Waals surface area (Å²) in [6.45, 7) is 2.32. The fourth-order valence-corrected chi connectivity index (χ4v) is 3.87. The highest BCUT2D eigenvalue weighted by Gasteiger charge is 2.39. The van der Waals surface area contributed by atoms with E-state index in [0.29, 0.717) is 24.6 Å². The van der Waals surface area contributed by atoms with Gasteiger partial charge in [-0.1, -0.05) is 6.07 Å². The second kappa shape index (κ2) is 7.30. The van der Waals surface area contributed by atoms with Crippen LogP contribution < -0.4 is 4.90 Å². The zero-order chi connectivity index (χ0) is 18.8. The Morgan fingerprint density at radius 2 is 1.89 bits per heavy atom. The van der Waals surface area contributed by atoms with Crippen LogP contribution >= 0.6 is 0 Å². The van der Waals surface area contributed by atoms with Gasteiger partial charge in [-0.25, -0.2) is 4.98 Å². The van der Waals surface area contributed by atoms with Crippen molar-refractivity contribution in [1.82, 2.24) is 19.9 Å². The largest absolute Gasteiger partial charge is 0.481 e. The molecule has 0 aromatic carbocycles. The number of carbonyl (C=O) groups excluding carboxylic acids is 1. The lowest BCUT2D eigenvalue weighted by Crippen LogP contribution is -2.29. The summed E-state index contributed by atoms with van der Waals surface area (Å²) in [5.41, 5.74) is 1.20. The Hall–Kier alpha value is -3.03. The number of aliphatic carboxylic acids is 1. The van der Waals surface area contributed by atoms with Crippen LogP contribution in [-0.4, -0.2) is 63.0 Å². The van der Waals surface area contributed by atoms with Crippen molar-refractivity contribution in [2.75, 3.05) is 31.1 Å². The van der Waals surface area contributed by atoms with Gasteiger partial charge in [0.2, 0.25) is 0 Å². The second-order valence-corrected chi connectivity index (χ2v) is 7.00. The van der Waals surface area contributed by atoms with Gasteiger partial charge >= 0.3 is 5.97 Å². The molecule has 2 saturated heterocycles. The molecule has 2 aliphatic heterocycles. The quantitative estimate of drug-likeness (QED) is 0.872. The third-order valence-corrected chi connectivity index (χ3v) is 5.31. The zero-order valence-corrected chi connectivity index (χ0v) is 14.9. The first-order valence-corrected chi connectivity index (χ1v) is 9.12. The van der Waals surface area contributed by atoms with Crippen molar-refractivity contribution in [2.24, 2.45) is 5.92 Å². The SMILES string of the molecule is O=C(O)[C@@H]1CN(c2cncc(C(=O)N3CCCC3)n2)C[C@H]1c1cccnc1. The number of carboxylic acids is 1. The number of anilines is 1. The van der Waals surface area contributed by atoms with Crippen molar-refractivity contribution >= 4 is 17.7 Å². The van der Waals surface area contributed by atoms with Crippen LogP contribution in [0.15, 0.2) is 36.9 Å². The predicted octanol–water partition coefficient (Wildman–Crippen LogP) is 1.41. The summed E-state index contributed by atoms with van der Waals surface area (Å²) in [6, 6.07) is 3.71. The van der Waals surface area contributed by atoms with Gasteiger partial charge in [-0.3, -0.25) is 19.6 Å². The van der Waals surface area contributed by atoms with E-state index in [1.165, 1.54) is 6.20 Å². The summed E-state index contributed by atoms with van der Waals surface area (Å²) in [7, 11) is 0. The predicted molar refractivity (Wildman–Crippen MR) is 97.5 cm³/mol. The monoisotopic (exact) mass is 367 g/mol. The molecule has 8 heteroatoms. The van der Waals surface area contributed by atoms with E-state index in [1.54, 1.807) is 23.5 Å². The maximum atomic E-state index is 12.6. The Bertz CT molecular complexity index is 838. The van der Waals surface area contributed by atoms with Crippen molar-refractivity contribution in [1.29, 1.82) is 0 Å². The average molecular weight is 367 g/mol. The van der Waals surface area contributed by atoms with Crippen molar-refractivity contribution < 1.29 is 14.7 Å². The van der Waals surface area contributed by atoms with Crippen LogP contribution in [0.4, 0.5) is 5.82 Å². The van der Waals surface area contributed by atoms with Crippen LogP contribution in [0.3, 0.4) is 0 Å². The molecule has 27 heavy (non-hydrogen) atoms. The molecule has 140 valence electrons. The number of rotatable bonds is 4. The second-order valence-electron chi connectivity index (χ2n) is 7.00. The Kier molecular flexibility index (Phi) is 4.70. The molecule has 0 radical (unpaired) electrons. The van der Waals surface area contributed by atoms with Crippen LogP contribution in [-0.2, 0) is 4.79 Å². The minimum absolute atomic E-state index is 0.111. The van der Waals surface area contributed by atoms with E-state index in [9.17, 15) is 14.7 Å². The molecule has 2 aromatic heterocycles. The third kappa shape index (κ3) is 3.47. The molecule has 0 aliphatic carbocycles. The van der Waals surface area contributed by atoms with Crippen LogP contribution in [0.2, 0.25) is 0 Å². The summed E-state index contributed by atoms with van der Waals surface area (Å²) < 4.78 is 0. The first-order chi connectivity index (χ1) is 13.1. The van der Waals surface area contributed by atoms with E-state index in [-0.39, 0.29) is 11.8 Å². The van der Waals surface area contributed by atoms with Gasteiger partial charge in [-0.05, 0) is 24.5 Å². The third-order valence-electron chi connectivity index (χ3n) is 5.31. The number of carboxylic acid groups (broad SMARTS) is 1. The molecule has 2 aromatic rings. The van der Waals surface area contributed by atoms with Gasteiger partial charge in [-0.15, -0.1) is 0 Å². The molecule has 2 atom stereocenters. The Balaban J connectivity index is 1.57. The highest BCUT2D eigenvalue weighted by atomic mass is 16.4. The summed E-state index contributed by atoms with van der Waals surface area (Å²) in [4.78, 5) is 40.8. The summed E-state index contributed by atoms with van der Waals surface area (Å²) >= 11 is 0. The van der Waals surface area contributed by atoms with Crippen LogP contribution in [0, 0.1) is 5.92 Å². The highest BCUT2D eigenvalue weighted by Crippen LogP contribution is 2.34. The molecule has 2 aliphatic rings. The van der Waals surface area contributed by atoms with E-state index >= 15 is 0 Å². The van der Waals surface area contributed by atoms with Gasteiger partial charge in [0.05, 0.1) is 18.3 Å². The normalized spacial score (nSPS) is 22.2. The topological polar surface area (TPSA) is 99.5 Å². The van der Waals surface area contributed by atoms with Gasteiger partial charge in [0.1, 0.15) is 11.5 Å². The first kappa shape index (κ1) is 17.4. The molecule has 8 nitrogen and oxygen atoms in total. The Morgan fingerprint density at radius 1 is 1.07 bits per heavy atom. The summed E-state index contributed by atoms with van der Waals surface area (Å²) in [5, 5.41) is 9.65. The first-order valence-electron chi connectivity index (χ1n) is 9.12.